The summed E-state index contributed by atoms with van der Waals surface area (Å²) in [6.45, 7) is 10.4. The van der Waals surface area contributed by atoms with Gasteiger partial charge < -0.3 is 33.5 Å². The van der Waals surface area contributed by atoms with E-state index in [1.807, 2.05) is 26.0 Å². The van der Waals surface area contributed by atoms with Gasteiger partial charge in [0.2, 0.25) is 5.75 Å². The maximum atomic E-state index is 13.2. The molecule has 0 radical (unpaired) electrons. The molecule has 0 aromatic heterocycles. The molecule has 5 rings (SSSR count). The van der Waals surface area contributed by atoms with Gasteiger partial charge in [0.1, 0.15) is 6.10 Å². The Morgan fingerprint density at radius 3 is 2.39 bits per heavy atom. The number of benzene rings is 2. The minimum absolute atomic E-state index is 0.235. The molecule has 1 saturated heterocycles. The Balaban J connectivity index is 0.00000216. The number of rotatable bonds is 4. The Hall–Kier alpha value is -2.95. The van der Waals surface area contributed by atoms with Crippen LogP contribution >= 0.6 is 11.8 Å². The molecule has 9 nitrogen and oxygen atoms in total. The van der Waals surface area contributed by atoms with E-state index in [0.29, 0.717) is 54.4 Å². The number of ether oxygens (including phenoxy) is 5. The number of fused-ring (bicyclic) bond motifs is 6. The second-order valence-electron chi connectivity index (χ2n) is 11.0. The van der Waals surface area contributed by atoms with Gasteiger partial charge >= 0.3 is 11.9 Å². The Morgan fingerprint density at radius 2 is 1.61 bits per heavy atom. The lowest BCUT2D eigenvalue weighted by molar-refractivity contribution is 0.0221. The highest BCUT2D eigenvalue weighted by atomic mass is 32.2. The van der Waals surface area contributed by atoms with Crippen molar-refractivity contribution < 1.29 is 33.3 Å². The molecule has 0 saturated carbocycles. The van der Waals surface area contributed by atoms with Crippen molar-refractivity contribution in [1.82, 2.24) is 9.80 Å². The van der Waals surface area contributed by atoms with Gasteiger partial charge in [-0.25, -0.2) is 9.59 Å². The molecule has 44 heavy (non-hydrogen) atoms. The first-order chi connectivity index (χ1) is 21.5. The first kappa shape index (κ1) is 33.9. The third-order valence-corrected chi connectivity index (χ3v) is 9.21. The summed E-state index contributed by atoms with van der Waals surface area (Å²) in [6, 6.07) is 9.18. The van der Waals surface area contributed by atoms with Crippen molar-refractivity contribution in [2.75, 3.05) is 72.5 Å². The van der Waals surface area contributed by atoms with Crippen LogP contribution in [0.3, 0.4) is 0 Å². The van der Waals surface area contributed by atoms with Crippen molar-refractivity contribution in [3.63, 3.8) is 0 Å². The van der Waals surface area contributed by atoms with E-state index in [9.17, 15) is 9.59 Å². The molecular formula is C34H48N2O7S. The first-order valence-electron chi connectivity index (χ1n) is 16.0. The summed E-state index contributed by atoms with van der Waals surface area (Å²) >= 11 is 1.80. The lowest BCUT2D eigenvalue weighted by Gasteiger charge is -2.24. The number of carbonyl (C=O) groups is 2. The van der Waals surface area contributed by atoms with Gasteiger partial charge in [-0.15, -0.1) is 11.8 Å². The zero-order valence-corrected chi connectivity index (χ0v) is 27.5. The van der Waals surface area contributed by atoms with Crippen molar-refractivity contribution in [3.05, 3.63) is 47.0 Å². The highest BCUT2D eigenvalue weighted by Gasteiger charge is 2.23. The number of methoxy groups -OCH3 is 2. The summed E-state index contributed by atoms with van der Waals surface area (Å²) in [5.41, 5.74) is 2.27. The Kier molecular flexibility index (Phi) is 13.5. The monoisotopic (exact) mass is 628 g/mol. The Labute approximate surface area is 266 Å². The minimum atomic E-state index is -0.419. The number of hydrogen-bond acceptors (Lipinski definition) is 10. The fourth-order valence-corrected chi connectivity index (χ4v) is 6.86. The molecule has 1 fully saturated rings. The van der Waals surface area contributed by atoms with Gasteiger partial charge in [-0.1, -0.05) is 19.9 Å². The maximum absolute atomic E-state index is 13.2. The van der Waals surface area contributed by atoms with Gasteiger partial charge in [0.25, 0.3) is 0 Å². The van der Waals surface area contributed by atoms with Crippen LogP contribution in [0, 0.1) is 0 Å². The van der Waals surface area contributed by atoms with Crippen LogP contribution in [-0.4, -0.2) is 100 Å². The standard InChI is InChI=1S/C32H42N2O7S.C2H6/c1-37-27-20-25-21-28(30(27)38-2)39-17-3-6-26(41-32(36)24-8-7-23-10-19-42-29(23)22-24)9-14-34-12-4-11-33(15-16-34)13-5-18-40-31(25)35;1-2/h7-8,20-22,26H,3-6,9-19H2,1-2H3;1-2H3. The molecular weight excluding hydrogens is 580 g/mol. The highest BCUT2D eigenvalue weighted by Crippen LogP contribution is 2.39. The number of aryl methyl sites for hydroxylation is 1. The van der Waals surface area contributed by atoms with Gasteiger partial charge in [0.15, 0.2) is 11.5 Å². The Morgan fingerprint density at radius 1 is 0.864 bits per heavy atom. The van der Waals surface area contributed by atoms with Gasteiger partial charge in [0.05, 0.1) is 38.6 Å². The minimum Gasteiger partial charge on any atom is -0.493 e. The topological polar surface area (TPSA) is 86.8 Å². The highest BCUT2D eigenvalue weighted by molar-refractivity contribution is 7.99. The summed E-state index contributed by atoms with van der Waals surface area (Å²) in [7, 11) is 3.07. The van der Waals surface area contributed by atoms with Crippen LogP contribution in [0.15, 0.2) is 35.2 Å². The van der Waals surface area contributed by atoms with Gasteiger partial charge in [0, 0.05) is 36.8 Å². The SMILES string of the molecule is CC.COc1cc2cc(c1OC)OCCCC(OC(=O)c1ccc3c(c1)SCC3)CCN1CCCN(CCCOC2=O)CC1. The van der Waals surface area contributed by atoms with E-state index >= 15 is 0 Å². The molecule has 2 aromatic rings. The van der Waals surface area contributed by atoms with Crippen molar-refractivity contribution in [2.24, 2.45) is 0 Å². The first-order valence-corrected chi connectivity index (χ1v) is 17.0. The molecule has 2 aromatic carbocycles. The maximum Gasteiger partial charge on any atom is 0.338 e. The van der Waals surface area contributed by atoms with Crippen LogP contribution in [-0.2, 0) is 15.9 Å². The van der Waals surface area contributed by atoms with E-state index in [-0.39, 0.29) is 12.1 Å². The van der Waals surface area contributed by atoms with Crippen molar-refractivity contribution in [1.29, 1.82) is 0 Å². The number of cyclic esters (lactones) is 1. The molecule has 242 valence electrons. The second kappa shape index (κ2) is 17.5. The van der Waals surface area contributed by atoms with Gasteiger partial charge in [-0.3, -0.25) is 0 Å². The molecule has 3 heterocycles. The lowest BCUT2D eigenvalue weighted by Crippen LogP contribution is -2.34. The smallest absolute Gasteiger partial charge is 0.338 e. The molecule has 0 spiro atoms. The van der Waals surface area contributed by atoms with Crippen LogP contribution in [0.4, 0.5) is 0 Å². The van der Waals surface area contributed by atoms with Crippen molar-refractivity contribution in [3.8, 4) is 17.2 Å². The van der Waals surface area contributed by atoms with Crippen LogP contribution in [0.2, 0.25) is 0 Å². The third kappa shape index (κ3) is 9.28. The summed E-state index contributed by atoms with van der Waals surface area (Å²) in [4.78, 5) is 32.2. The molecule has 3 unspecified atom stereocenters. The van der Waals surface area contributed by atoms with Crippen molar-refractivity contribution >= 4 is 23.7 Å². The van der Waals surface area contributed by atoms with Crippen molar-refractivity contribution in [2.45, 2.75) is 63.4 Å². The number of hydrogen-bond donors (Lipinski definition) is 0. The molecule has 10 heteroatoms. The number of esters is 2. The summed E-state index contributed by atoms with van der Waals surface area (Å²) in [5.74, 6) is 1.61. The molecule has 3 aliphatic heterocycles. The zero-order chi connectivity index (χ0) is 31.3. The molecule has 3 aliphatic rings. The zero-order valence-electron chi connectivity index (χ0n) is 26.7. The van der Waals surface area contributed by atoms with Gasteiger partial charge in [-0.2, -0.15) is 0 Å². The van der Waals surface area contributed by atoms with E-state index in [2.05, 4.69) is 15.9 Å². The van der Waals surface area contributed by atoms with Gasteiger partial charge in [-0.05, 0) is 81.4 Å². The summed E-state index contributed by atoms with van der Waals surface area (Å²) in [5, 5.41) is 0. The fraction of sp³-hybridized carbons (Fsp3) is 0.588. The van der Waals surface area contributed by atoms with Crippen LogP contribution in [0.25, 0.3) is 0 Å². The van der Waals surface area contributed by atoms with E-state index in [4.69, 9.17) is 23.7 Å². The molecule has 3 atom stereocenters. The van der Waals surface area contributed by atoms with E-state index in [1.54, 1.807) is 31.0 Å². The number of carbonyl (C=O) groups excluding carboxylic acids is 2. The molecule has 4 bridgehead atoms. The number of nitrogens with zero attached hydrogens (tertiary/aromatic N) is 2. The molecule has 0 N–H and O–H groups in total. The molecule has 0 amide bonds. The largest absolute Gasteiger partial charge is 0.493 e. The third-order valence-electron chi connectivity index (χ3n) is 8.11. The predicted octanol–water partition coefficient (Wildman–Crippen LogP) is 5.72. The quantitative estimate of drug-likeness (QED) is 0.392. The van der Waals surface area contributed by atoms with E-state index in [0.717, 1.165) is 70.7 Å². The predicted molar refractivity (Wildman–Crippen MR) is 173 cm³/mol. The van der Waals surface area contributed by atoms with Crippen LogP contribution in [0.1, 0.15) is 72.2 Å². The Bertz CT molecular complexity index is 1240. The average molecular weight is 629 g/mol. The normalized spacial score (nSPS) is 22.7. The fourth-order valence-electron chi connectivity index (χ4n) is 5.76. The molecule has 0 aliphatic carbocycles. The average Bonchev–Trinajstić information content (AvgIpc) is 3.41. The van der Waals surface area contributed by atoms with Crippen LogP contribution < -0.4 is 14.2 Å². The summed E-state index contributed by atoms with van der Waals surface area (Å²) < 4.78 is 28.8. The second-order valence-corrected chi connectivity index (χ2v) is 12.1. The number of thioether (sulfide) groups is 1. The lowest BCUT2D eigenvalue weighted by atomic mass is 10.1. The van der Waals surface area contributed by atoms with E-state index < -0.39 is 5.97 Å². The van der Waals surface area contributed by atoms with E-state index in [1.165, 1.54) is 17.6 Å². The van der Waals surface area contributed by atoms with Crippen LogP contribution in [0.5, 0.6) is 17.2 Å². The summed E-state index contributed by atoms with van der Waals surface area (Å²) in [6.07, 6.45) is 4.74.